The van der Waals surface area contributed by atoms with Crippen LogP contribution in [0.1, 0.15) is 77.2 Å². The Morgan fingerprint density at radius 2 is 1.87 bits per heavy atom. The van der Waals surface area contributed by atoms with E-state index in [1.54, 1.807) is 6.08 Å². The Hall–Kier alpha value is -3.33. The van der Waals surface area contributed by atoms with Crippen LogP contribution in [0.3, 0.4) is 0 Å². The number of ketones is 2. The van der Waals surface area contributed by atoms with Crippen molar-refractivity contribution in [3.63, 3.8) is 0 Å². The number of oxime groups is 1. The molecule has 0 aromatic heterocycles. The Morgan fingerprint density at radius 1 is 1.13 bits per heavy atom. The monoisotopic (exact) mass is 541 g/mol. The fourth-order valence-corrected chi connectivity index (χ4v) is 5.42. The maximum absolute atomic E-state index is 13.0. The van der Waals surface area contributed by atoms with E-state index in [9.17, 15) is 24.3 Å². The van der Waals surface area contributed by atoms with Crippen LogP contribution >= 0.6 is 0 Å². The molecule has 1 aromatic carbocycles. The molecule has 0 spiro atoms. The Labute approximate surface area is 229 Å². The lowest BCUT2D eigenvalue weighted by molar-refractivity contribution is -0.154. The van der Waals surface area contributed by atoms with E-state index in [-0.39, 0.29) is 48.8 Å². The highest BCUT2D eigenvalue weighted by Gasteiger charge is 2.46. The van der Waals surface area contributed by atoms with Crippen LogP contribution in [-0.4, -0.2) is 51.6 Å². The van der Waals surface area contributed by atoms with Gasteiger partial charge in [-0.2, -0.15) is 0 Å². The van der Waals surface area contributed by atoms with Crippen molar-refractivity contribution in [3.8, 4) is 0 Å². The number of benzene rings is 1. The number of nitrogens with zero attached hydrogens (tertiary/aromatic N) is 1. The van der Waals surface area contributed by atoms with Gasteiger partial charge < -0.3 is 19.8 Å². The quantitative estimate of drug-likeness (QED) is 0.261. The van der Waals surface area contributed by atoms with Gasteiger partial charge in [-0.25, -0.2) is 0 Å². The van der Waals surface area contributed by atoms with Crippen LogP contribution in [0.25, 0.3) is 0 Å². The molecule has 0 heterocycles. The third-order valence-electron chi connectivity index (χ3n) is 7.50. The smallest absolute Gasteiger partial charge is 0.306 e. The van der Waals surface area contributed by atoms with Crippen LogP contribution < -0.4 is 0 Å². The molecule has 3 rings (SSSR count). The lowest BCUT2D eigenvalue weighted by Gasteiger charge is -2.43. The van der Waals surface area contributed by atoms with Crippen LogP contribution in [0.15, 0.2) is 47.1 Å². The molecule has 5 unspecified atom stereocenters. The zero-order chi connectivity index (χ0) is 28.4. The second-order valence-corrected chi connectivity index (χ2v) is 10.5. The van der Waals surface area contributed by atoms with Crippen molar-refractivity contribution in [1.29, 1.82) is 0 Å². The molecular weight excluding hydrogens is 502 g/mol. The number of aliphatic hydroxyl groups excluding tert-OH is 1. The number of hydrogen-bond acceptors (Lipinski definition) is 8. The van der Waals surface area contributed by atoms with Crippen LogP contribution in [-0.2, 0) is 35.4 Å². The number of allylic oxidation sites excluding steroid dienone is 1. The SMILES string of the molecule is CCCCC(=O)OC1CCC(=NOCc2ccccc2)C2=CC(=O)C(C)C(CCC(=O)CC(O)CC(=O)O)C21. The number of fused-ring (bicyclic) bond motifs is 1. The molecule has 2 aliphatic carbocycles. The average Bonchev–Trinajstić information content (AvgIpc) is 2.89. The first-order valence-corrected chi connectivity index (χ1v) is 13.8. The van der Waals surface area contributed by atoms with Gasteiger partial charge in [-0.05, 0) is 48.8 Å². The van der Waals surface area contributed by atoms with Crippen molar-refractivity contribution in [3.05, 3.63) is 47.5 Å². The Bertz CT molecular complexity index is 1080. The summed E-state index contributed by atoms with van der Waals surface area (Å²) in [5, 5.41) is 23.1. The number of Topliss-reactive ketones (excluding diaryl/α,β-unsaturated/α-hetero) is 1. The number of hydrogen-bond donors (Lipinski definition) is 2. The van der Waals surface area contributed by atoms with Crippen LogP contribution in [0, 0.1) is 17.8 Å². The lowest BCUT2D eigenvalue weighted by Crippen LogP contribution is -2.46. The molecule has 1 saturated carbocycles. The Balaban J connectivity index is 1.80. The number of carbonyl (C=O) groups excluding carboxylic acids is 3. The second-order valence-electron chi connectivity index (χ2n) is 10.5. The minimum atomic E-state index is -1.25. The van der Waals surface area contributed by atoms with Gasteiger partial charge in [0.25, 0.3) is 0 Å². The summed E-state index contributed by atoms with van der Waals surface area (Å²) in [6, 6.07) is 9.61. The van der Waals surface area contributed by atoms with Gasteiger partial charge in [-0.15, -0.1) is 0 Å². The lowest BCUT2D eigenvalue weighted by atomic mass is 9.63. The summed E-state index contributed by atoms with van der Waals surface area (Å²) in [6.07, 6.45) is 2.46. The third-order valence-corrected chi connectivity index (χ3v) is 7.50. The van der Waals surface area contributed by atoms with E-state index in [0.29, 0.717) is 37.0 Å². The molecule has 0 aliphatic heterocycles. The number of rotatable bonds is 14. The predicted octanol–water partition coefficient (Wildman–Crippen LogP) is 4.41. The van der Waals surface area contributed by atoms with E-state index in [1.165, 1.54) is 0 Å². The first kappa shape index (κ1) is 30.2. The number of ether oxygens (including phenoxy) is 1. The zero-order valence-corrected chi connectivity index (χ0v) is 22.7. The van der Waals surface area contributed by atoms with Crippen molar-refractivity contribution in [2.75, 3.05) is 0 Å². The number of carbonyl (C=O) groups is 4. The van der Waals surface area contributed by atoms with Crippen molar-refractivity contribution in [2.24, 2.45) is 22.9 Å². The number of carboxylic acids is 1. The number of unbranched alkanes of at least 4 members (excludes halogenated alkanes) is 1. The van der Waals surface area contributed by atoms with E-state index < -0.39 is 30.5 Å². The summed E-state index contributed by atoms with van der Waals surface area (Å²) in [6.45, 7) is 4.10. The molecule has 1 fully saturated rings. The summed E-state index contributed by atoms with van der Waals surface area (Å²) in [4.78, 5) is 54.7. The average molecular weight is 542 g/mol. The Morgan fingerprint density at radius 3 is 2.56 bits per heavy atom. The first-order chi connectivity index (χ1) is 18.7. The molecule has 2 N–H and O–H groups in total. The number of carboxylic acid groups (broad SMARTS) is 1. The molecule has 5 atom stereocenters. The first-order valence-electron chi connectivity index (χ1n) is 13.8. The topological polar surface area (TPSA) is 140 Å². The van der Waals surface area contributed by atoms with Crippen molar-refractivity contribution in [2.45, 2.75) is 90.4 Å². The molecule has 0 amide bonds. The molecule has 1 aromatic rings. The fraction of sp³-hybridized carbons (Fsp3) is 0.567. The van der Waals surface area contributed by atoms with Gasteiger partial charge in [0.15, 0.2) is 5.78 Å². The summed E-state index contributed by atoms with van der Waals surface area (Å²) in [5.74, 6) is -2.83. The van der Waals surface area contributed by atoms with Crippen LogP contribution in [0.4, 0.5) is 0 Å². The van der Waals surface area contributed by atoms with Gasteiger partial charge >= 0.3 is 11.9 Å². The molecule has 2 aliphatic rings. The number of esters is 1. The van der Waals surface area contributed by atoms with Crippen LogP contribution in [0.2, 0.25) is 0 Å². The van der Waals surface area contributed by atoms with Gasteiger partial charge in [-0.3, -0.25) is 19.2 Å². The maximum atomic E-state index is 13.0. The van der Waals surface area contributed by atoms with E-state index >= 15 is 0 Å². The summed E-state index contributed by atoms with van der Waals surface area (Å²) in [7, 11) is 0. The minimum Gasteiger partial charge on any atom is -0.481 e. The van der Waals surface area contributed by atoms with Crippen molar-refractivity contribution < 1.29 is 39.0 Å². The van der Waals surface area contributed by atoms with E-state index in [1.807, 2.05) is 44.2 Å². The second kappa shape index (κ2) is 14.7. The maximum Gasteiger partial charge on any atom is 0.306 e. The zero-order valence-electron chi connectivity index (χ0n) is 22.7. The highest BCUT2D eigenvalue weighted by atomic mass is 16.6. The molecule has 0 bridgehead atoms. The Kier molecular flexibility index (Phi) is 11.4. The van der Waals surface area contributed by atoms with Crippen molar-refractivity contribution in [1.82, 2.24) is 0 Å². The molecule has 9 nitrogen and oxygen atoms in total. The van der Waals surface area contributed by atoms with Gasteiger partial charge in [0.2, 0.25) is 0 Å². The number of aliphatic hydroxyl groups is 1. The van der Waals surface area contributed by atoms with Crippen molar-refractivity contribution >= 4 is 29.2 Å². The van der Waals surface area contributed by atoms with E-state index in [4.69, 9.17) is 14.7 Å². The summed E-state index contributed by atoms with van der Waals surface area (Å²) >= 11 is 0. The van der Waals surface area contributed by atoms with Crippen LogP contribution in [0.5, 0.6) is 0 Å². The predicted molar refractivity (Wildman–Crippen MR) is 144 cm³/mol. The highest BCUT2D eigenvalue weighted by Crippen LogP contribution is 2.44. The van der Waals surface area contributed by atoms with E-state index in [2.05, 4.69) is 5.16 Å². The van der Waals surface area contributed by atoms with Gasteiger partial charge in [0, 0.05) is 31.1 Å². The summed E-state index contributed by atoms with van der Waals surface area (Å²) < 4.78 is 5.94. The minimum absolute atomic E-state index is 0.0796. The molecule has 0 saturated heterocycles. The number of aliphatic carboxylic acids is 1. The molecular formula is C30H39NO8. The fourth-order valence-electron chi connectivity index (χ4n) is 5.42. The van der Waals surface area contributed by atoms with Gasteiger partial charge in [0.1, 0.15) is 18.5 Å². The van der Waals surface area contributed by atoms with Gasteiger partial charge in [0.05, 0.1) is 18.2 Å². The standard InChI is InChI=1S/C30H39NO8/c1-3-4-10-29(37)39-27-14-13-25(31-38-18-20-8-6-5-7-9-20)24-17-26(34)19(2)23(30(24)27)12-11-21(32)15-22(33)16-28(35)36/h5-9,17,19,22-23,27,30,33H,3-4,10-16,18H2,1-2H3,(H,35,36). The normalized spacial score (nSPS) is 24.4. The largest absolute Gasteiger partial charge is 0.481 e. The molecule has 39 heavy (non-hydrogen) atoms. The molecule has 212 valence electrons. The summed E-state index contributed by atoms with van der Waals surface area (Å²) in [5.41, 5.74) is 2.29. The van der Waals surface area contributed by atoms with E-state index in [0.717, 1.165) is 18.4 Å². The highest BCUT2D eigenvalue weighted by molar-refractivity contribution is 6.08. The molecule has 9 heteroatoms. The molecule has 0 radical (unpaired) electrons. The van der Waals surface area contributed by atoms with Gasteiger partial charge in [-0.1, -0.05) is 55.8 Å². The third kappa shape index (κ3) is 8.85.